The number of sulfonamides is 1. The molecule has 20 heavy (non-hydrogen) atoms. The second kappa shape index (κ2) is 7.25. The zero-order valence-corrected chi connectivity index (χ0v) is 12.7. The number of nitrogens with one attached hydrogen (secondary N) is 2. The predicted molar refractivity (Wildman–Crippen MR) is 76.1 cm³/mol. The summed E-state index contributed by atoms with van der Waals surface area (Å²) >= 11 is 0. The van der Waals surface area contributed by atoms with E-state index in [0.29, 0.717) is 18.9 Å². The van der Waals surface area contributed by atoms with Gasteiger partial charge in [0.2, 0.25) is 15.9 Å². The van der Waals surface area contributed by atoms with Crippen molar-refractivity contribution in [2.75, 3.05) is 13.2 Å². The average Bonchev–Trinajstić information content (AvgIpc) is 2.39. The standard InChI is InChI=1S/C13H20N2O4S/c1-4-14-13(16)10(3)15-20(17,18)12-8-6-11(7-9-12)19-5-2/h6-10,15H,4-5H2,1-3H3,(H,14,16)/t10-/m1/s1. The first-order valence-corrected chi connectivity index (χ1v) is 7.92. The van der Waals surface area contributed by atoms with Gasteiger partial charge in [-0.1, -0.05) is 0 Å². The molecule has 112 valence electrons. The lowest BCUT2D eigenvalue weighted by atomic mass is 10.3. The second-order valence-corrected chi connectivity index (χ2v) is 5.86. The van der Waals surface area contributed by atoms with E-state index in [0.717, 1.165) is 0 Å². The van der Waals surface area contributed by atoms with Gasteiger partial charge in [0.25, 0.3) is 0 Å². The fourth-order valence-electron chi connectivity index (χ4n) is 1.56. The Hall–Kier alpha value is -1.60. The van der Waals surface area contributed by atoms with E-state index >= 15 is 0 Å². The molecule has 2 N–H and O–H groups in total. The maximum absolute atomic E-state index is 12.1. The number of rotatable bonds is 7. The summed E-state index contributed by atoms with van der Waals surface area (Å²) in [4.78, 5) is 11.6. The maximum Gasteiger partial charge on any atom is 0.241 e. The van der Waals surface area contributed by atoms with Crippen LogP contribution in [-0.2, 0) is 14.8 Å². The number of amides is 1. The molecule has 0 aliphatic rings. The molecule has 0 radical (unpaired) electrons. The fraction of sp³-hybridized carbons (Fsp3) is 0.462. The van der Waals surface area contributed by atoms with Crippen molar-refractivity contribution in [3.63, 3.8) is 0 Å². The summed E-state index contributed by atoms with van der Waals surface area (Å²) < 4.78 is 31.8. The summed E-state index contributed by atoms with van der Waals surface area (Å²) in [6.45, 7) is 6.08. The number of likely N-dealkylation sites (N-methyl/N-ethyl adjacent to an activating group) is 1. The van der Waals surface area contributed by atoms with E-state index in [1.54, 1.807) is 19.1 Å². The summed E-state index contributed by atoms with van der Waals surface area (Å²) in [6.07, 6.45) is 0. The molecule has 0 spiro atoms. The summed E-state index contributed by atoms with van der Waals surface area (Å²) in [5, 5.41) is 2.56. The van der Waals surface area contributed by atoms with Gasteiger partial charge in [-0.25, -0.2) is 8.42 Å². The highest BCUT2D eigenvalue weighted by Crippen LogP contribution is 2.16. The first-order valence-electron chi connectivity index (χ1n) is 6.43. The average molecular weight is 300 g/mol. The number of hydrogen-bond acceptors (Lipinski definition) is 4. The minimum atomic E-state index is -3.72. The van der Waals surface area contributed by atoms with Gasteiger partial charge in [0.1, 0.15) is 5.75 Å². The van der Waals surface area contributed by atoms with Gasteiger partial charge in [-0.15, -0.1) is 0 Å². The van der Waals surface area contributed by atoms with E-state index in [4.69, 9.17) is 4.74 Å². The Morgan fingerprint density at radius 2 is 1.85 bits per heavy atom. The molecule has 7 heteroatoms. The van der Waals surface area contributed by atoms with Crippen LogP contribution in [0.25, 0.3) is 0 Å². The van der Waals surface area contributed by atoms with Gasteiger partial charge < -0.3 is 10.1 Å². The van der Waals surface area contributed by atoms with E-state index in [-0.39, 0.29) is 10.8 Å². The van der Waals surface area contributed by atoms with Crippen LogP contribution in [0.4, 0.5) is 0 Å². The Bertz CT molecular complexity index is 540. The Morgan fingerprint density at radius 1 is 1.25 bits per heavy atom. The molecule has 0 unspecified atom stereocenters. The number of carbonyl (C=O) groups is 1. The van der Waals surface area contributed by atoms with Gasteiger partial charge in [-0.05, 0) is 45.0 Å². The van der Waals surface area contributed by atoms with Crippen molar-refractivity contribution in [2.24, 2.45) is 0 Å². The third-order valence-electron chi connectivity index (χ3n) is 2.52. The molecule has 0 heterocycles. The molecule has 0 fully saturated rings. The smallest absolute Gasteiger partial charge is 0.241 e. The van der Waals surface area contributed by atoms with Crippen molar-refractivity contribution in [1.82, 2.24) is 10.0 Å². The van der Waals surface area contributed by atoms with Gasteiger partial charge in [0.05, 0.1) is 17.5 Å². The predicted octanol–water partition coefficient (Wildman–Crippen LogP) is 0.888. The molecular formula is C13H20N2O4S. The van der Waals surface area contributed by atoms with Crippen molar-refractivity contribution in [1.29, 1.82) is 0 Å². The van der Waals surface area contributed by atoms with Crippen molar-refractivity contribution >= 4 is 15.9 Å². The molecule has 1 amide bonds. The molecule has 1 rings (SSSR count). The highest BCUT2D eigenvalue weighted by molar-refractivity contribution is 7.89. The van der Waals surface area contributed by atoms with Crippen LogP contribution < -0.4 is 14.8 Å². The molecule has 0 saturated heterocycles. The molecule has 0 bridgehead atoms. The number of ether oxygens (including phenoxy) is 1. The fourth-order valence-corrected chi connectivity index (χ4v) is 2.77. The van der Waals surface area contributed by atoms with E-state index in [2.05, 4.69) is 10.0 Å². The molecule has 1 aromatic carbocycles. The monoisotopic (exact) mass is 300 g/mol. The first-order chi connectivity index (χ1) is 9.40. The third-order valence-corrected chi connectivity index (χ3v) is 4.08. The topological polar surface area (TPSA) is 84.5 Å². The minimum absolute atomic E-state index is 0.0945. The molecule has 0 aliphatic heterocycles. The van der Waals surface area contributed by atoms with Crippen molar-refractivity contribution in [2.45, 2.75) is 31.7 Å². The van der Waals surface area contributed by atoms with Gasteiger partial charge in [0.15, 0.2) is 0 Å². The van der Waals surface area contributed by atoms with Crippen LogP contribution in [0, 0.1) is 0 Å². The number of carbonyl (C=O) groups excluding carboxylic acids is 1. The van der Waals surface area contributed by atoms with Crippen molar-refractivity contribution in [3.8, 4) is 5.75 Å². The highest BCUT2D eigenvalue weighted by atomic mass is 32.2. The highest BCUT2D eigenvalue weighted by Gasteiger charge is 2.21. The van der Waals surface area contributed by atoms with Crippen LogP contribution in [-0.4, -0.2) is 33.5 Å². The van der Waals surface area contributed by atoms with Crippen LogP contribution in [0.3, 0.4) is 0 Å². The Morgan fingerprint density at radius 3 is 2.35 bits per heavy atom. The van der Waals surface area contributed by atoms with Gasteiger partial charge in [-0.2, -0.15) is 4.72 Å². The van der Waals surface area contributed by atoms with Crippen LogP contribution in [0.15, 0.2) is 29.2 Å². The summed E-state index contributed by atoms with van der Waals surface area (Å²) in [5.41, 5.74) is 0. The molecule has 1 aromatic rings. The lowest BCUT2D eigenvalue weighted by molar-refractivity contribution is -0.122. The molecule has 0 saturated carbocycles. The Labute approximate surface area is 119 Å². The summed E-state index contributed by atoms with van der Waals surface area (Å²) in [7, 11) is -3.72. The first kappa shape index (κ1) is 16.5. The summed E-state index contributed by atoms with van der Waals surface area (Å²) in [5.74, 6) is 0.241. The van der Waals surface area contributed by atoms with Crippen molar-refractivity contribution < 1.29 is 17.9 Å². The molecule has 6 nitrogen and oxygen atoms in total. The second-order valence-electron chi connectivity index (χ2n) is 4.14. The van der Waals surface area contributed by atoms with Gasteiger partial charge >= 0.3 is 0 Å². The third kappa shape index (κ3) is 4.50. The number of benzene rings is 1. The molecule has 1 atom stereocenters. The Balaban J connectivity index is 2.80. The van der Waals surface area contributed by atoms with Crippen LogP contribution in [0.2, 0.25) is 0 Å². The molecule has 0 aliphatic carbocycles. The maximum atomic E-state index is 12.1. The largest absolute Gasteiger partial charge is 0.494 e. The van der Waals surface area contributed by atoms with E-state index in [1.807, 2.05) is 6.92 Å². The zero-order valence-electron chi connectivity index (χ0n) is 11.8. The zero-order chi connectivity index (χ0) is 15.2. The van der Waals surface area contributed by atoms with Gasteiger partial charge in [0, 0.05) is 6.54 Å². The van der Waals surface area contributed by atoms with E-state index in [1.165, 1.54) is 19.1 Å². The van der Waals surface area contributed by atoms with Crippen LogP contribution >= 0.6 is 0 Å². The lowest BCUT2D eigenvalue weighted by Gasteiger charge is -2.14. The Kier molecular flexibility index (Phi) is 5.97. The SMILES string of the molecule is CCNC(=O)[C@@H](C)NS(=O)(=O)c1ccc(OCC)cc1. The lowest BCUT2D eigenvalue weighted by Crippen LogP contribution is -2.44. The van der Waals surface area contributed by atoms with Crippen LogP contribution in [0.5, 0.6) is 5.75 Å². The quantitative estimate of drug-likeness (QED) is 0.783. The van der Waals surface area contributed by atoms with E-state index in [9.17, 15) is 13.2 Å². The van der Waals surface area contributed by atoms with Gasteiger partial charge in [-0.3, -0.25) is 4.79 Å². The number of hydrogen-bond donors (Lipinski definition) is 2. The van der Waals surface area contributed by atoms with Crippen LogP contribution in [0.1, 0.15) is 20.8 Å². The molecule has 0 aromatic heterocycles. The summed E-state index contributed by atoms with van der Waals surface area (Å²) in [6, 6.07) is 5.21. The molecular weight excluding hydrogens is 280 g/mol. The minimum Gasteiger partial charge on any atom is -0.494 e. The normalized spacial score (nSPS) is 12.8. The van der Waals surface area contributed by atoms with E-state index < -0.39 is 16.1 Å². The van der Waals surface area contributed by atoms with Crippen molar-refractivity contribution in [3.05, 3.63) is 24.3 Å².